The van der Waals surface area contributed by atoms with Gasteiger partial charge in [-0.3, -0.25) is 0 Å². The highest BCUT2D eigenvalue weighted by molar-refractivity contribution is 7.27. The molecule has 1 heterocycles. The van der Waals surface area contributed by atoms with Gasteiger partial charge in [0.15, 0.2) is 0 Å². The SMILES string of the molecule is c1ccc(-c2ccc(N(c3ccc4c5ccccc5c5ccccc5c4c3)c3cccc4c3sc3c5ccccc5c5ccccc5c43)cc2)cc1. The van der Waals surface area contributed by atoms with Gasteiger partial charge < -0.3 is 4.90 Å². The first-order valence-electron chi connectivity index (χ1n) is 17.9. The first kappa shape index (κ1) is 29.3. The molecule has 2 heteroatoms. The van der Waals surface area contributed by atoms with Gasteiger partial charge in [0.05, 0.1) is 10.4 Å². The van der Waals surface area contributed by atoms with Crippen LogP contribution in [0.1, 0.15) is 0 Å². The third kappa shape index (κ3) is 4.35. The first-order valence-corrected chi connectivity index (χ1v) is 18.7. The summed E-state index contributed by atoms with van der Waals surface area (Å²) in [5.74, 6) is 0. The second kappa shape index (κ2) is 11.5. The Bertz CT molecular complexity index is 3140. The molecule has 0 saturated carbocycles. The fourth-order valence-corrected chi connectivity index (χ4v) is 9.84. The number of rotatable bonds is 4. The Labute approximate surface area is 305 Å². The van der Waals surface area contributed by atoms with Crippen molar-refractivity contribution in [3.05, 3.63) is 188 Å². The van der Waals surface area contributed by atoms with Crippen LogP contribution in [0.3, 0.4) is 0 Å². The summed E-state index contributed by atoms with van der Waals surface area (Å²) in [5, 5.41) is 15.5. The van der Waals surface area contributed by atoms with Crippen LogP contribution in [0.15, 0.2) is 188 Å². The van der Waals surface area contributed by atoms with Crippen molar-refractivity contribution < 1.29 is 0 Å². The molecule has 0 amide bonds. The highest BCUT2D eigenvalue weighted by atomic mass is 32.1. The van der Waals surface area contributed by atoms with Gasteiger partial charge in [0, 0.05) is 32.2 Å². The van der Waals surface area contributed by atoms with Gasteiger partial charge in [0.25, 0.3) is 0 Å². The average molecular weight is 678 g/mol. The Balaban J connectivity index is 1.22. The molecule has 0 saturated heterocycles. The van der Waals surface area contributed by atoms with E-state index in [1.54, 1.807) is 0 Å². The van der Waals surface area contributed by atoms with Gasteiger partial charge in [-0.2, -0.15) is 0 Å². The zero-order valence-corrected chi connectivity index (χ0v) is 29.1. The molecule has 1 nitrogen and oxygen atoms in total. The van der Waals surface area contributed by atoms with E-state index in [4.69, 9.17) is 0 Å². The zero-order valence-electron chi connectivity index (χ0n) is 28.3. The molecule has 0 fully saturated rings. The Morgan fingerprint density at radius 1 is 0.288 bits per heavy atom. The van der Waals surface area contributed by atoms with E-state index in [0.717, 1.165) is 11.4 Å². The van der Waals surface area contributed by atoms with Gasteiger partial charge in [-0.05, 0) is 89.9 Å². The lowest BCUT2D eigenvalue weighted by Gasteiger charge is -2.27. The fraction of sp³-hybridized carbons (Fsp3) is 0. The summed E-state index contributed by atoms with van der Waals surface area (Å²) in [6.45, 7) is 0. The zero-order chi connectivity index (χ0) is 34.2. The maximum Gasteiger partial charge on any atom is 0.0640 e. The fourth-order valence-electron chi connectivity index (χ4n) is 8.48. The van der Waals surface area contributed by atoms with Crippen LogP contribution in [0.4, 0.5) is 17.1 Å². The molecule has 1 aromatic heterocycles. The van der Waals surface area contributed by atoms with Gasteiger partial charge in [-0.25, -0.2) is 0 Å². The van der Waals surface area contributed by atoms with Gasteiger partial charge in [-0.15, -0.1) is 11.3 Å². The maximum atomic E-state index is 2.47. The third-order valence-electron chi connectivity index (χ3n) is 10.8. The lowest BCUT2D eigenvalue weighted by molar-refractivity contribution is 1.31. The van der Waals surface area contributed by atoms with E-state index in [2.05, 4.69) is 193 Å². The second-order valence-corrected chi connectivity index (χ2v) is 14.6. The molecular formula is C50H31NS. The van der Waals surface area contributed by atoms with Gasteiger partial charge in [0.1, 0.15) is 0 Å². The van der Waals surface area contributed by atoms with Crippen molar-refractivity contribution in [3.63, 3.8) is 0 Å². The predicted molar refractivity (Wildman–Crippen MR) is 227 cm³/mol. The van der Waals surface area contributed by atoms with E-state index in [0.29, 0.717) is 0 Å². The van der Waals surface area contributed by atoms with Crippen LogP contribution in [0.2, 0.25) is 0 Å². The average Bonchev–Trinajstić information content (AvgIpc) is 3.63. The summed E-state index contributed by atoms with van der Waals surface area (Å²) in [6.07, 6.45) is 0. The van der Waals surface area contributed by atoms with E-state index in [9.17, 15) is 0 Å². The second-order valence-electron chi connectivity index (χ2n) is 13.6. The van der Waals surface area contributed by atoms with Crippen LogP contribution in [0.5, 0.6) is 0 Å². The highest BCUT2D eigenvalue weighted by Gasteiger charge is 2.21. The number of anilines is 3. The van der Waals surface area contributed by atoms with Crippen molar-refractivity contribution >= 4 is 102 Å². The highest BCUT2D eigenvalue weighted by Crippen LogP contribution is 2.50. The number of fused-ring (bicyclic) bond motifs is 14. The molecule has 11 rings (SSSR count). The summed E-state index contributed by atoms with van der Waals surface area (Å²) >= 11 is 1.92. The number of benzene rings is 10. The molecule has 0 N–H and O–H groups in total. The standard InChI is InChI=1S/C50H31NS/c1-2-13-32(14-3-1)33-25-27-34(28-26-33)51(35-29-30-42-38-17-5-4-15-36(38)37-16-6-7-20-41(37)46(42)31-35)47-24-12-23-45-48-43-21-10-8-18-39(43)40-19-9-11-22-44(40)50(48)52-49(45)47/h1-31H. The normalized spacial score (nSPS) is 11.8. The monoisotopic (exact) mass is 677 g/mol. The Morgan fingerprint density at radius 2 is 0.750 bits per heavy atom. The molecule has 0 aliphatic carbocycles. The van der Waals surface area contributed by atoms with E-state index < -0.39 is 0 Å². The van der Waals surface area contributed by atoms with Crippen molar-refractivity contribution in [1.29, 1.82) is 0 Å². The molecule has 0 spiro atoms. The topological polar surface area (TPSA) is 3.24 Å². The first-order chi connectivity index (χ1) is 25.8. The molecule has 52 heavy (non-hydrogen) atoms. The minimum Gasteiger partial charge on any atom is -0.309 e. The summed E-state index contributed by atoms with van der Waals surface area (Å²) < 4.78 is 2.63. The molecule has 0 bridgehead atoms. The van der Waals surface area contributed by atoms with E-state index in [1.807, 2.05) is 11.3 Å². The largest absolute Gasteiger partial charge is 0.309 e. The van der Waals surface area contributed by atoms with Crippen molar-refractivity contribution in [2.45, 2.75) is 0 Å². The Kier molecular flexibility index (Phi) is 6.49. The summed E-state index contributed by atoms with van der Waals surface area (Å²) in [5.41, 5.74) is 5.88. The van der Waals surface area contributed by atoms with Crippen LogP contribution >= 0.6 is 11.3 Å². The molecule has 0 aliphatic heterocycles. The summed E-state index contributed by atoms with van der Waals surface area (Å²) in [7, 11) is 0. The van der Waals surface area contributed by atoms with Crippen molar-refractivity contribution in [2.75, 3.05) is 4.90 Å². The van der Waals surface area contributed by atoms with Crippen LogP contribution in [0, 0.1) is 0 Å². The van der Waals surface area contributed by atoms with Crippen LogP contribution in [0.25, 0.3) is 85.2 Å². The molecular weight excluding hydrogens is 647 g/mol. The Hall–Kier alpha value is -6.48. The van der Waals surface area contributed by atoms with Crippen LogP contribution in [-0.2, 0) is 0 Å². The Morgan fingerprint density at radius 3 is 1.40 bits per heavy atom. The lowest BCUT2D eigenvalue weighted by atomic mass is 9.94. The minimum atomic E-state index is 1.13. The number of nitrogens with zero attached hydrogens (tertiary/aromatic N) is 1. The van der Waals surface area contributed by atoms with Crippen LogP contribution < -0.4 is 4.90 Å². The number of hydrogen-bond donors (Lipinski definition) is 0. The smallest absolute Gasteiger partial charge is 0.0640 e. The van der Waals surface area contributed by atoms with E-state index >= 15 is 0 Å². The van der Waals surface area contributed by atoms with Crippen molar-refractivity contribution in [3.8, 4) is 11.1 Å². The molecule has 10 aromatic carbocycles. The summed E-state index contributed by atoms with van der Waals surface area (Å²) in [4.78, 5) is 2.47. The minimum absolute atomic E-state index is 1.13. The molecule has 0 unspecified atom stereocenters. The van der Waals surface area contributed by atoms with Crippen LogP contribution in [-0.4, -0.2) is 0 Å². The molecule has 0 aliphatic rings. The maximum absolute atomic E-state index is 2.47. The van der Waals surface area contributed by atoms with Gasteiger partial charge >= 0.3 is 0 Å². The van der Waals surface area contributed by atoms with E-state index in [-0.39, 0.29) is 0 Å². The van der Waals surface area contributed by atoms with E-state index in [1.165, 1.54) is 90.8 Å². The molecule has 0 radical (unpaired) electrons. The number of thiophene rings is 1. The lowest BCUT2D eigenvalue weighted by Crippen LogP contribution is -2.10. The third-order valence-corrected chi connectivity index (χ3v) is 12.1. The summed E-state index contributed by atoms with van der Waals surface area (Å²) in [6, 6.07) is 69.1. The van der Waals surface area contributed by atoms with Gasteiger partial charge in [0.2, 0.25) is 0 Å². The molecule has 242 valence electrons. The molecule has 0 atom stereocenters. The van der Waals surface area contributed by atoms with Gasteiger partial charge in [-0.1, -0.05) is 158 Å². The van der Waals surface area contributed by atoms with Crippen molar-refractivity contribution in [1.82, 2.24) is 0 Å². The quantitative estimate of drug-likeness (QED) is 0.168. The number of hydrogen-bond acceptors (Lipinski definition) is 2. The van der Waals surface area contributed by atoms with Crippen molar-refractivity contribution in [2.24, 2.45) is 0 Å². The molecule has 11 aromatic rings. The predicted octanol–water partition coefficient (Wildman–Crippen LogP) is 15.0.